The number of para-hydroxylation sites is 1. The Labute approximate surface area is 230 Å². The third-order valence-electron chi connectivity index (χ3n) is 6.50. The predicted octanol–water partition coefficient (Wildman–Crippen LogP) is 5.79. The molecule has 4 aromatic heterocycles. The third kappa shape index (κ3) is 5.18. The van der Waals surface area contributed by atoms with Gasteiger partial charge in [-0.25, -0.2) is 14.5 Å². The van der Waals surface area contributed by atoms with Gasteiger partial charge in [0.2, 0.25) is 0 Å². The van der Waals surface area contributed by atoms with Crippen LogP contribution in [0.25, 0.3) is 22.2 Å². The van der Waals surface area contributed by atoms with Crippen LogP contribution in [-0.4, -0.2) is 43.4 Å². The summed E-state index contributed by atoms with van der Waals surface area (Å²) in [6.45, 7) is 12.1. The van der Waals surface area contributed by atoms with Crippen molar-refractivity contribution >= 4 is 46.4 Å². The van der Waals surface area contributed by atoms with E-state index in [4.69, 9.17) is 9.84 Å². The number of rotatable bonds is 9. The van der Waals surface area contributed by atoms with Gasteiger partial charge in [0, 0.05) is 31.5 Å². The van der Waals surface area contributed by atoms with E-state index >= 15 is 0 Å². The Kier molecular flexibility index (Phi) is 7.25. The molecular formula is C27H32BrN7O2Si. The second kappa shape index (κ2) is 10.5. The van der Waals surface area contributed by atoms with E-state index in [0.717, 1.165) is 39.4 Å². The van der Waals surface area contributed by atoms with Crippen LogP contribution in [0.2, 0.25) is 25.7 Å². The van der Waals surface area contributed by atoms with E-state index in [9.17, 15) is 4.79 Å². The lowest BCUT2D eigenvalue weighted by Gasteiger charge is -2.20. The Bertz CT molecular complexity index is 1650. The van der Waals surface area contributed by atoms with Gasteiger partial charge in [0.1, 0.15) is 30.0 Å². The van der Waals surface area contributed by atoms with E-state index < -0.39 is 8.07 Å². The summed E-state index contributed by atoms with van der Waals surface area (Å²) in [5, 5.41) is 9.18. The number of nitrogens with one attached hydrogen (secondary N) is 1. The van der Waals surface area contributed by atoms with Gasteiger partial charge in [0.05, 0.1) is 17.1 Å². The molecule has 0 aliphatic rings. The van der Waals surface area contributed by atoms with Gasteiger partial charge >= 0.3 is 0 Å². The average molecular weight is 595 g/mol. The van der Waals surface area contributed by atoms with Crippen molar-refractivity contribution in [3.05, 3.63) is 81.3 Å². The number of halogens is 1. The second-order valence-corrected chi connectivity index (χ2v) is 17.2. The van der Waals surface area contributed by atoms with Gasteiger partial charge in [-0.15, -0.1) is 0 Å². The summed E-state index contributed by atoms with van der Waals surface area (Å²) < 4.78 is 12.1. The van der Waals surface area contributed by atoms with Crippen molar-refractivity contribution in [2.24, 2.45) is 0 Å². The number of nitrogens with zero attached hydrogens (tertiary/aromatic N) is 6. The quantitative estimate of drug-likeness (QED) is 0.172. The van der Waals surface area contributed by atoms with Crippen LogP contribution in [0.3, 0.4) is 0 Å². The van der Waals surface area contributed by atoms with Crippen LogP contribution in [-0.2, 0) is 11.5 Å². The fourth-order valence-corrected chi connectivity index (χ4v) is 5.80. The molecule has 9 nitrogen and oxygen atoms in total. The second-order valence-electron chi connectivity index (χ2n) is 10.7. The number of aryl methyl sites for hydroxylation is 1. The van der Waals surface area contributed by atoms with Crippen LogP contribution in [0.1, 0.15) is 24.4 Å². The van der Waals surface area contributed by atoms with Crippen LogP contribution in [0.5, 0.6) is 0 Å². The Morgan fingerprint density at radius 2 is 1.89 bits per heavy atom. The zero-order valence-corrected chi connectivity index (χ0v) is 24.9. The monoisotopic (exact) mass is 593 g/mol. The fourth-order valence-electron chi connectivity index (χ4n) is 4.43. The van der Waals surface area contributed by atoms with Gasteiger partial charge in [0.15, 0.2) is 5.82 Å². The van der Waals surface area contributed by atoms with Gasteiger partial charge in [0.25, 0.3) is 5.56 Å². The van der Waals surface area contributed by atoms with Crippen molar-refractivity contribution in [3.8, 4) is 5.69 Å². The van der Waals surface area contributed by atoms with Crippen molar-refractivity contribution in [1.82, 2.24) is 28.7 Å². The number of ether oxygens (including phenoxy) is 1. The topological polar surface area (TPSA) is 91.3 Å². The summed E-state index contributed by atoms with van der Waals surface area (Å²) >= 11 is 3.69. The first-order valence-electron chi connectivity index (χ1n) is 12.6. The molecule has 0 saturated heterocycles. The molecule has 1 atom stereocenters. The minimum atomic E-state index is -1.16. The first-order chi connectivity index (χ1) is 18.1. The molecule has 0 saturated carbocycles. The summed E-state index contributed by atoms with van der Waals surface area (Å²) in [6.07, 6.45) is 5.33. The predicted molar refractivity (Wildman–Crippen MR) is 157 cm³/mol. The third-order valence-corrected chi connectivity index (χ3v) is 8.81. The van der Waals surface area contributed by atoms with Gasteiger partial charge in [-0.2, -0.15) is 5.10 Å². The standard InChI is InChI=1S/C27H32BrN7O2Si/c1-18-11-12-34-23(18)27(36)35(20-9-7-6-8-10-20)25(32-34)19(2)31-24-22-21(28)15-33(26(22)30-16-29-24)17-37-13-14-38(3,4)5/h6-12,15-16,19H,13-14,17H2,1-5H3,(H,29,30,31). The fraction of sp³-hybridized carbons (Fsp3) is 0.333. The van der Waals surface area contributed by atoms with Gasteiger partial charge in [-0.3, -0.25) is 9.36 Å². The number of fused-ring (bicyclic) bond motifs is 2. The molecule has 1 unspecified atom stereocenters. The lowest BCUT2D eigenvalue weighted by atomic mass is 10.2. The molecule has 198 valence electrons. The van der Waals surface area contributed by atoms with Gasteiger partial charge in [-0.1, -0.05) is 37.8 Å². The minimum Gasteiger partial charge on any atom is -0.361 e. The Hall–Kier alpha value is -3.28. The molecule has 5 aromatic rings. The highest BCUT2D eigenvalue weighted by atomic mass is 79.9. The first kappa shape index (κ1) is 26.3. The molecule has 0 bridgehead atoms. The highest BCUT2D eigenvalue weighted by Gasteiger charge is 2.22. The SMILES string of the molecule is Cc1ccn2nc(C(C)Nc3ncnc4c3c(Br)cn4COCC[Si](C)(C)C)n(-c3ccccc3)c(=O)c12. The molecule has 38 heavy (non-hydrogen) atoms. The van der Waals surface area contributed by atoms with E-state index in [2.05, 4.69) is 50.9 Å². The van der Waals surface area contributed by atoms with Crippen molar-refractivity contribution in [1.29, 1.82) is 0 Å². The highest BCUT2D eigenvalue weighted by molar-refractivity contribution is 9.10. The number of benzene rings is 1. The molecule has 0 radical (unpaired) electrons. The maximum Gasteiger partial charge on any atom is 0.282 e. The molecular weight excluding hydrogens is 562 g/mol. The van der Waals surface area contributed by atoms with Crippen molar-refractivity contribution in [2.45, 2.75) is 52.3 Å². The number of hydrogen-bond donors (Lipinski definition) is 1. The van der Waals surface area contributed by atoms with Crippen molar-refractivity contribution < 1.29 is 4.74 Å². The Balaban J connectivity index is 1.50. The molecule has 0 spiro atoms. The molecule has 11 heteroatoms. The zero-order valence-electron chi connectivity index (χ0n) is 22.3. The van der Waals surface area contributed by atoms with Gasteiger partial charge < -0.3 is 14.6 Å². The van der Waals surface area contributed by atoms with E-state index in [-0.39, 0.29) is 11.6 Å². The van der Waals surface area contributed by atoms with E-state index in [0.29, 0.717) is 23.9 Å². The summed E-state index contributed by atoms with van der Waals surface area (Å²) in [5.41, 5.74) is 2.84. The largest absolute Gasteiger partial charge is 0.361 e. The lowest BCUT2D eigenvalue weighted by Crippen LogP contribution is -2.29. The van der Waals surface area contributed by atoms with Crippen molar-refractivity contribution in [3.63, 3.8) is 0 Å². The summed E-state index contributed by atoms with van der Waals surface area (Å²) in [6, 6.07) is 12.2. The van der Waals surface area contributed by atoms with Crippen LogP contribution >= 0.6 is 15.9 Å². The average Bonchev–Trinajstić information content (AvgIpc) is 3.41. The van der Waals surface area contributed by atoms with Crippen LogP contribution in [0.15, 0.2) is 64.4 Å². The van der Waals surface area contributed by atoms with E-state index in [1.807, 2.05) is 67.2 Å². The molecule has 4 heterocycles. The van der Waals surface area contributed by atoms with E-state index in [1.54, 1.807) is 15.4 Å². The molecule has 0 aliphatic carbocycles. The normalized spacial score (nSPS) is 12.9. The zero-order chi connectivity index (χ0) is 27.0. The highest BCUT2D eigenvalue weighted by Crippen LogP contribution is 2.32. The Morgan fingerprint density at radius 1 is 1.13 bits per heavy atom. The number of anilines is 1. The summed E-state index contributed by atoms with van der Waals surface area (Å²) in [4.78, 5) is 22.7. The van der Waals surface area contributed by atoms with Crippen LogP contribution < -0.4 is 10.9 Å². The van der Waals surface area contributed by atoms with E-state index in [1.165, 1.54) is 0 Å². The summed E-state index contributed by atoms with van der Waals surface area (Å²) in [7, 11) is -1.16. The van der Waals surface area contributed by atoms with Crippen LogP contribution in [0, 0.1) is 6.92 Å². The smallest absolute Gasteiger partial charge is 0.282 e. The number of hydrogen-bond acceptors (Lipinski definition) is 6. The molecule has 0 amide bonds. The lowest BCUT2D eigenvalue weighted by molar-refractivity contribution is 0.0898. The maximum absolute atomic E-state index is 13.7. The Morgan fingerprint density at radius 3 is 2.63 bits per heavy atom. The number of aromatic nitrogens is 6. The molecule has 5 rings (SSSR count). The maximum atomic E-state index is 13.7. The molecule has 1 N–H and O–H groups in total. The molecule has 1 aromatic carbocycles. The minimum absolute atomic E-state index is 0.118. The van der Waals surface area contributed by atoms with Crippen molar-refractivity contribution in [2.75, 3.05) is 11.9 Å². The first-order valence-corrected chi connectivity index (χ1v) is 17.1. The van der Waals surface area contributed by atoms with Crippen LogP contribution in [0.4, 0.5) is 5.82 Å². The molecule has 0 aliphatic heterocycles. The van der Waals surface area contributed by atoms with Gasteiger partial charge in [-0.05, 0) is 59.6 Å². The summed E-state index contributed by atoms with van der Waals surface area (Å²) in [5.74, 6) is 1.22. The molecule has 0 fully saturated rings.